The summed E-state index contributed by atoms with van der Waals surface area (Å²) in [6, 6.07) is 7.96. The molecule has 1 aromatic rings. The molecule has 0 amide bonds. The van der Waals surface area contributed by atoms with E-state index in [1.807, 2.05) is 38.1 Å². The summed E-state index contributed by atoms with van der Waals surface area (Å²) in [4.78, 5) is 0. The maximum atomic E-state index is 12.2. The van der Waals surface area contributed by atoms with E-state index in [1.165, 1.54) is 0 Å². The minimum atomic E-state index is -3.29. The van der Waals surface area contributed by atoms with Crippen LogP contribution in [0.1, 0.15) is 25.8 Å². The molecule has 1 fully saturated rings. The highest BCUT2D eigenvalue weighted by molar-refractivity contribution is 9.10. The van der Waals surface area contributed by atoms with Gasteiger partial charge in [-0.15, -0.1) is 0 Å². The van der Waals surface area contributed by atoms with Gasteiger partial charge in [0.15, 0.2) is 0 Å². The largest absolute Gasteiger partial charge is 0.380 e. The first-order valence-corrected chi connectivity index (χ1v) is 8.97. The van der Waals surface area contributed by atoms with E-state index in [-0.39, 0.29) is 5.41 Å². The summed E-state index contributed by atoms with van der Waals surface area (Å²) >= 11 is 3.40. The summed E-state index contributed by atoms with van der Waals surface area (Å²) in [6.45, 7) is 5.27. The van der Waals surface area contributed by atoms with E-state index in [2.05, 4.69) is 20.7 Å². The Kier molecular flexibility index (Phi) is 4.89. The first-order valence-electron chi connectivity index (χ1n) is 6.63. The van der Waals surface area contributed by atoms with Crippen molar-refractivity contribution in [1.29, 1.82) is 0 Å². The van der Waals surface area contributed by atoms with E-state index >= 15 is 0 Å². The molecule has 0 aliphatic carbocycles. The molecule has 0 aromatic heterocycles. The van der Waals surface area contributed by atoms with Gasteiger partial charge >= 0.3 is 0 Å². The number of rotatable bonds is 5. The minimum absolute atomic E-state index is 0.257. The molecule has 0 radical (unpaired) electrons. The highest BCUT2D eigenvalue weighted by Gasteiger charge is 2.31. The second-order valence-electron chi connectivity index (χ2n) is 5.74. The maximum absolute atomic E-state index is 12.2. The molecule has 0 spiro atoms. The van der Waals surface area contributed by atoms with Crippen LogP contribution in [0.25, 0.3) is 0 Å². The Bertz CT molecular complexity index is 548. The highest BCUT2D eigenvalue weighted by Crippen LogP contribution is 2.24. The third-order valence-electron chi connectivity index (χ3n) is 3.67. The maximum Gasteiger partial charge on any atom is 0.216 e. The van der Waals surface area contributed by atoms with Crippen LogP contribution in [0.3, 0.4) is 0 Å². The van der Waals surface area contributed by atoms with Crippen molar-refractivity contribution >= 4 is 26.0 Å². The first-order chi connectivity index (χ1) is 9.31. The molecule has 1 aliphatic rings. The average Bonchev–Trinajstić information content (AvgIpc) is 2.92. The SMILES string of the molecule is CC(C)(CNS(=O)(=O)C1CCOC1)c1ccc(Br)cc1. The van der Waals surface area contributed by atoms with Gasteiger partial charge in [-0.2, -0.15) is 0 Å². The van der Waals surface area contributed by atoms with Crippen LogP contribution in [0.2, 0.25) is 0 Å². The van der Waals surface area contributed by atoms with Gasteiger partial charge in [-0.05, 0) is 24.1 Å². The van der Waals surface area contributed by atoms with Crippen LogP contribution in [-0.2, 0) is 20.2 Å². The standard InChI is InChI=1S/C14H20BrNO3S/c1-14(2,11-3-5-12(15)6-4-11)10-16-20(17,18)13-7-8-19-9-13/h3-6,13,16H,7-10H2,1-2H3. The molecule has 1 unspecified atom stereocenters. The normalized spacial score (nSPS) is 20.2. The molecule has 1 saturated heterocycles. The molecule has 112 valence electrons. The summed E-state index contributed by atoms with van der Waals surface area (Å²) in [5, 5.41) is -0.414. The number of sulfonamides is 1. The molecule has 1 N–H and O–H groups in total. The lowest BCUT2D eigenvalue weighted by molar-refractivity contribution is 0.198. The van der Waals surface area contributed by atoms with Crippen molar-refractivity contribution in [2.45, 2.75) is 30.9 Å². The van der Waals surface area contributed by atoms with E-state index in [0.717, 1.165) is 10.0 Å². The number of nitrogens with one attached hydrogen (secondary N) is 1. The predicted octanol–water partition coefficient (Wildman–Crippen LogP) is 2.44. The van der Waals surface area contributed by atoms with Crippen molar-refractivity contribution in [1.82, 2.24) is 4.72 Å². The predicted molar refractivity (Wildman–Crippen MR) is 83.3 cm³/mol. The van der Waals surface area contributed by atoms with Gasteiger partial charge in [0.1, 0.15) is 5.25 Å². The van der Waals surface area contributed by atoms with Crippen LogP contribution in [0.4, 0.5) is 0 Å². The van der Waals surface area contributed by atoms with Crippen molar-refractivity contribution in [3.8, 4) is 0 Å². The second kappa shape index (κ2) is 6.13. The number of hydrogen-bond acceptors (Lipinski definition) is 3. The number of ether oxygens (including phenoxy) is 1. The Morgan fingerprint density at radius 1 is 1.35 bits per heavy atom. The van der Waals surface area contributed by atoms with Gasteiger partial charge in [0.05, 0.1) is 6.61 Å². The minimum Gasteiger partial charge on any atom is -0.380 e. The summed E-state index contributed by atoms with van der Waals surface area (Å²) < 4.78 is 33.2. The molecule has 2 rings (SSSR count). The number of hydrogen-bond donors (Lipinski definition) is 1. The average molecular weight is 362 g/mol. The first kappa shape index (κ1) is 15.9. The van der Waals surface area contributed by atoms with E-state index in [1.54, 1.807) is 0 Å². The molecule has 1 atom stereocenters. The topological polar surface area (TPSA) is 55.4 Å². The lowest BCUT2D eigenvalue weighted by atomic mass is 9.85. The van der Waals surface area contributed by atoms with E-state index in [9.17, 15) is 8.42 Å². The highest BCUT2D eigenvalue weighted by atomic mass is 79.9. The van der Waals surface area contributed by atoms with Gasteiger partial charge in [0.25, 0.3) is 0 Å². The van der Waals surface area contributed by atoms with E-state index in [0.29, 0.717) is 26.2 Å². The summed E-state index contributed by atoms with van der Waals surface area (Å²) in [5.74, 6) is 0. The molecule has 1 heterocycles. The third kappa shape index (κ3) is 3.81. The number of benzene rings is 1. The van der Waals surface area contributed by atoms with Crippen LogP contribution >= 0.6 is 15.9 Å². The van der Waals surface area contributed by atoms with Crippen molar-refractivity contribution < 1.29 is 13.2 Å². The fraction of sp³-hybridized carbons (Fsp3) is 0.571. The van der Waals surface area contributed by atoms with Crippen molar-refractivity contribution in [2.75, 3.05) is 19.8 Å². The van der Waals surface area contributed by atoms with Gasteiger partial charge in [-0.25, -0.2) is 13.1 Å². The molecule has 1 aliphatic heterocycles. The smallest absolute Gasteiger partial charge is 0.216 e. The molecular weight excluding hydrogens is 342 g/mol. The summed E-state index contributed by atoms with van der Waals surface area (Å²) in [5.41, 5.74) is 0.846. The Morgan fingerprint density at radius 2 is 2.00 bits per heavy atom. The molecule has 0 saturated carbocycles. The Morgan fingerprint density at radius 3 is 2.55 bits per heavy atom. The van der Waals surface area contributed by atoms with Gasteiger partial charge < -0.3 is 4.74 Å². The molecular formula is C14H20BrNO3S. The second-order valence-corrected chi connectivity index (χ2v) is 8.70. The van der Waals surface area contributed by atoms with Gasteiger partial charge in [0, 0.05) is 23.0 Å². The van der Waals surface area contributed by atoms with E-state index < -0.39 is 15.3 Å². The molecule has 4 nitrogen and oxygen atoms in total. The zero-order valence-electron chi connectivity index (χ0n) is 11.7. The monoisotopic (exact) mass is 361 g/mol. The molecule has 20 heavy (non-hydrogen) atoms. The summed E-state index contributed by atoms with van der Waals surface area (Å²) in [6.07, 6.45) is 0.577. The lowest BCUT2D eigenvalue weighted by Crippen LogP contribution is -2.41. The summed E-state index contributed by atoms with van der Waals surface area (Å²) in [7, 11) is -3.29. The van der Waals surface area contributed by atoms with Crippen LogP contribution < -0.4 is 4.72 Å². The van der Waals surface area contributed by atoms with Crippen molar-refractivity contribution in [2.24, 2.45) is 0 Å². The number of halogens is 1. The van der Waals surface area contributed by atoms with E-state index in [4.69, 9.17) is 4.74 Å². The fourth-order valence-corrected chi connectivity index (χ4v) is 3.90. The Hall–Kier alpha value is -0.430. The van der Waals surface area contributed by atoms with Crippen LogP contribution in [0.15, 0.2) is 28.7 Å². The Labute approximate surface area is 129 Å². The quantitative estimate of drug-likeness (QED) is 0.875. The zero-order chi connectivity index (χ0) is 14.8. The lowest BCUT2D eigenvalue weighted by Gasteiger charge is -2.26. The fourth-order valence-electron chi connectivity index (χ4n) is 2.16. The van der Waals surface area contributed by atoms with Gasteiger partial charge in [-0.3, -0.25) is 0 Å². The van der Waals surface area contributed by atoms with Crippen molar-refractivity contribution in [3.63, 3.8) is 0 Å². The van der Waals surface area contributed by atoms with Gasteiger partial charge in [0.2, 0.25) is 10.0 Å². The third-order valence-corrected chi connectivity index (χ3v) is 5.99. The van der Waals surface area contributed by atoms with Crippen LogP contribution in [0, 0.1) is 0 Å². The van der Waals surface area contributed by atoms with Crippen molar-refractivity contribution in [3.05, 3.63) is 34.3 Å². The molecule has 1 aromatic carbocycles. The molecule has 6 heteroatoms. The van der Waals surface area contributed by atoms with Crippen LogP contribution in [0.5, 0.6) is 0 Å². The van der Waals surface area contributed by atoms with Crippen LogP contribution in [-0.4, -0.2) is 33.4 Å². The zero-order valence-corrected chi connectivity index (χ0v) is 14.1. The van der Waals surface area contributed by atoms with Gasteiger partial charge in [-0.1, -0.05) is 41.9 Å². The Balaban J connectivity index is 2.03. The molecule has 0 bridgehead atoms.